The summed E-state index contributed by atoms with van der Waals surface area (Å²) in [6.45, 7) is 4.14. The van der Waals surface area contributed by atoms with Gasteiger partial charge in [-0.05, 0) is 31.9 Å². The van der Waals surface area contributed by atoms with Crippen molar-refractivity contribution in [1.82, 2.24) is 14.7 Å². The maximum Gasteiger partial charge on any atom is 0.312 e. The van der Waals surface area contributed by atoms with Crippen LogP contribution < -0.4 is 0 Å². The second-order valence-corrected chi connectivity index (χ2v) is 6.88. The molecule has 2 aliphatic heterocycles. The van der Waals surface area contributed by atoms with Crippen molar-refractivity contribution in [3.8, 4) is 0 Å². The molecule has 28 heavy (non-hydrogen) atoms. The smallest absolute Gasteiger partial charge is 0.312 e. The van der Waals surface area contributed by atoms with Crippen LogP contribution in [-0.4, -0.2) is 84.3 Å². The van der Waals surface area contributed by atoms with Crippen molar-refractivity contribution in [1.29, 1.82) is 0 Å². The summed E-state index contributed by atoms with van der Waals surface area (Å²) in [6, 6.07) is 3.25. The van der Waals surface area contributed by atoms with Crippen LogP contribution in [0.4, 0.5) is 0 Å². The summed E-state index contributed by atoms with van der Waals surface area (Å²) >= 11 is 0. The zero-order valence-electron chi connectivity index (χ0n) is 16.0. The zero-order valence-corrected chi connectivity index (χ0v) is 16.0. The van der Waals surface area contributed by atoms with Crippen molar-refractivity contribution < 1.29 is 28.3 Å². The topological polar surface area (TPSA) is 100 Å². The Kier molecular flexibility index (Phi) is 6.33. The molecule has 2 fully saturated rings. The molecular formula is C19H25N3O6. The summed E-state index contributed by atoms with van der Waals surface area (Å²) in [6.07, 6.45) is 2.45. The van der Waals surface area contributed by atoms with Gasteiger partial charge in [0.25, 0.3) is 5.91 Å². The maximum absolute atomic E-state index is 12.5. The van der Waals surface area contributed by atoms with E-state index in [2.05, 4.69) is 0 Å². The van der Waals surface area contributed by atoms with Gasteiger partial charge in [-0.1, -0.05) is 0 Å². The van der Waals surface area contributed by atoms with E-state index < -0.39 is 11.8 Å². The van der Waals surface area contributed by atoms with Crippen LogP contribution in [0.25, 0.3) is 0 Å². The molecule has 1 aromatic rings. The van der Waals surface area contributed by atoms with E-state index in [0.29, 0.717) is 58.7 Å². The SMILES string of the molecule is CCOC(=O)C1CCN(C(=O)C(=O)N2CCN(C(=O)c3ccco3)CC2)CC1. The molecule has 9 heteroatoms. The van der Waals surface area contributed by atoms with Gasteiger partial charge in [-0.25, -0.2) is 0 Å². The number of amides is 3. The third kappa shape index (κ3) is 4.35. The number of hydrogen-bond donors (Lipinski definition) is 0. The molecule has 0 unspecified atom stereocenters. The molecule has 2 saturated heterocycles. The van der Waals surface area contributed by atoms with Gasteiger partial charge in [-0.3, -0.25) is 19.2 Å². The molecule has 0 N–H and O–H groups in total. The van der Waals surface area contributed by atoms with Gasteiger partial charge in [0, 0.05) is 39.3 Å². The third-order valence-corrected chi connectivity index (χ3v) is 5.17. The van der Waals surface area contributed by atoms with Crippen molar-refractivity contribution in [3.05, 3.63) is 24.2 Å². The molecule has 0 saturated carbocycles. The van der Waals surface area contributed by atoms with E-state index in [1.165, 1.54) is 16.1 Å². The number of likely N-dealkylation sites (tertiary alicyclic amines) is 1. The Morgan fingerprint density at radius 2 is 1.54 bits per heavy atom. The average Bonchev–Trinajstić information content (AvgIpc) is 3.27. The van der Waals surface area contributed by atoms with Gasteiger partial charge in [0.15, 0.2) is 5.76 Å². The van der Waals surface area contributed by atoms with E-state index in [1.807, 2.05) is 0 Å². The van der Waals surface area contributed by atoms with Crippen LogP contribution in [0.1, 0.15) is 30.3 Å². The molecule has 3 heterocycles. The summed E-state index contributed by atoms with van der Waals surface area (Å²) in [5.74, 6) is -1.51. The fourth-order valence-corrected chi connectivity index (χ4v) is 3.52. The minimum absolute atomic E-state index is 0.213. The Bertz CT molecular complexity index is 716. The third-order valence-electron chi connectivity index (χ3n) is 5.17. The van der Waals surface area contributed by atoms with Crippen LogP contribution in [0.2, 0.25) is 0 Å². The first-order chi connectivity index (χ1) is 13.5. The fourth-order valence-electron chi connectivity index (χ4n) is 3.52. The lowest BCUT2D eigenvalue weighted by Crippen LogP contribution is -2.55. The quantitative estimate of drug-likeness (QED) is 0.545. The van der Waals surface area contributed by atoms with Crippen LogP contribution in [0.15, 0.2) is 22.8 Å². The largest absolute Gasteiger partial charge is 0.466 e. The first-order valence-electron chi connectivity index (χ1n) is 9.58. The Morgan fingerprint density at radius 1 is 0.964 bits per heavy atom. The molecule has 0 radical (unpaired) electrons. The van der Waals surface area contributed by atoms with E-state index in [4.69, 9.17) is 9.15 Å². The van der Waals surface area contributed by atoms with Crippen molar-refractivity contribution in [3.63, 3.8) is 0 Å². The number of esters is 1. The Labute approximate surface area is 163 Å². The van der Waals surface area contributed by atoms with Gasteiger partial charge in [-0.15, -0.1) is 0 Å². The zero-order chi connectivity index (χ0) is 20.1. The molecular weight excluding hydrogens is 366 g/mol. The minimum atomic E-state index is -0.556. The molecule has 0 aliphatic carbocycles. The summed E-state index contributed by atoms with van der Waals surface area (Å²) in [7, 11) is 0. The number of carbonyl (C=O) groups excluding carboxylic acids is 4. The molecule has 1 aromatic heterocycles. The highest BCUT2D eigenvalue weighted by atomic mass is 16.5. The lowest BCUT2D eigenvalue weighted by Gasteiger charge is -2.36. The number of hydrogen-bond acceptors (Lipinski definition) is 6. The highest BCUT2D eigenvalue weighted by molar-refractivity contribution is 6.35. The number of ether oxygens (including phenoxy) is 1. The number of furan rings is 1. The molecule has 0 bridgehead atoms. The first-order valence-corrected chi connectivity index (χ1v) is 9.58. The molecule has 3 rings (SSSR count). The van der Waals surface area contributed by atoms with E-state index in [1.54, 1.807) is 24.0 Å². The van der Waals surface area contributed by atoms with Crippen LogP contribution in [0, 0.1) is 5.92 Å². The lowest BCUT2D eigenvalue weighted by atomic mass is 9.97. The van der Waals surface area contributed by atoms with E-state index >= 15 is 0 Å². The summed E-state index contributed by atoms with van der Waals surface area (Å²) < 4.78 is 10.1. The van der Waals surface area contributed by atoms with Crippen LogP contribution in [0.3, 0.4) is 0 Å². The summed E-state index contributed by atoms with van der Waals surface area (Å²) in [4.78, 5) is 53.7. The number of piperazine rings is 1. The number of nitrogens with zero attached hydrogens (tertiary/aromatic N) is 3. The predicted octanol–water partition coefficient (Wildman–Crippen LogP) is 0.366. The lowest BCUT2D eigenvalue weighted by molar-refractivity contribution is -0.156. The molecule has 9 nitrogen and oxygen atoms in total. The molecule has 0 aromatic carbocycles. The Morgan fingerprint density at radius 3 is 2.07 bits per heavy atom. The number of piperidine rings is 1. The Hall–Kier alpha value is -2.84. The first kappa shape index (κ1) is 19.9. The van der Waals surface area contributed by atoms with Crippen molar-refractivity contribution >= 4 is 23.7 Å². The van der Waals surface area contributed by atoms with Crippen molar-refractivity contribution in [2.75, 3.05) is 45.9 Å². The standard InChI is InChI=1S/C19H25N3O6/c1-2-27-19(26)14-5-7-20(8-6-14)17(24)18(25)22-11-9-21(10-12-22)16(23)15-4-3-13-28-15/h3-4,13-14H,2,5-12H2,1H3. The van der Waals surface area contributed by atoms with E-state index in [9.17, 15) is 19.2 Å². The molecule has 0 spiro atoms. The van der Waals surface area contributed by atoms with Gasteiger partial charge in [0.2, 0.25) is 0 Å². The second-order valence-electron chi connectivity index (χ2n) is 6.88. The maximum atomic E-state index is 12.5. The van der Waals surface area contributed by atoms with Gasteiger partial charge in [-0.2, -0.15) is 0 Å². The number of rotatable bonds is 3. The van der Waals surface area contributed by atoms with E-state index in [0.717, 1.165) is 0 Å². The van der Waals surface area contributed by atoms with Crippen LogP contribution in [-0.2, 0) is 19.1 Å². The van der Waals surface area contributed by atoms with Gasteiger partial charge in [0.1, 0.15) is 0 Å². The normalized spacial score (nSPS) is 18.1. The second kappa shape index (κ2) is 8.90. The van der Waals surface area contributed by atoms with Gasteiger partial charge < -0.3 is 23.9 Å². The summed E-state index contributed by atoms with van der Waals surface area (Å²) in [5.41, 5.74) is 0. The van der Waals surface area contributed by atoms with Crippen LogP contribution >= 0.6 is 0 Å². The van der Waals surface area contributed by atoms with Crippen LogP contribution in [0.5, 0.6) is 0 Å². The molecule has 2 aliphatic rings. The molecule has 0 atom stereocenters. The predicted molar refractivity (Wildman–Crippen MR) is 97.1 cm³/mol. The highest BCUT2D eigenvalue weighted by Gasteiger charge is 2.34. The Balaban J connectivity index is 1.47. The highest BCUT2D eigenvalue weighted by Crippen LogP contribution is 2.19. The summed E-state index contributed by atoms with van der Waals surface area (Å²) in [5, 5.41) is 0. The monoisotopic (exact) mass is 391 g/mol. The van der Waals surface area contributed by atoms with Gasteiger partial charge >= 0.3 is 17.8 Å². The van der Waals surface area contributed by atoms with E-state index in [-0.39, 0.29) is 23.6 Å². The minimum Gasteiger partial charge on any atom is -0.466 e. The number of carbonyl (C=O) groups is 4. The average molecular weight is 391 g/mol. The van der Waals surface area contributed by atoms with Crippen molar-refractivity contribution in [2.24, 2.45) is 5.92 Å². The van der Waals surface area contributed by atoms with Gasteiger partial charge in [0.05, 0.1) is 18.8 Å². The van der Waals surface area contributed by atoms with Crippen molar-refractivity contribution in [2.45, 2.75) is 19.8 Å². The fraction of sp³-hybridized carbons (Fsp3) is 0.579. The molecule has 152 valence electrons. The molecule has 3 amide bonds.